The van der Waals surface area contributed by atoms with Crippen molar-refractivity contribution < 1.29 is 4.42 Å². The molecule has 2 heterocycles. The molecule has 5 heteroatoms. The molecule has 2 aromatic heterocycles. The third-order valence-corrected chi connectivity index (χ3v) is 4.45. The molecule has 22 heavy (non-hydrogen) atoms. The molecule has 3 rings (SSSR count). The Kier molecular flexibility index (Phi) is 4.43. The fourth-order valence-electron chi connectivity index (χ4n) is 2.27. The van der Waals surface area contributed by atoms with E-state index in [4.69, 9.17) is 4.42 Å². The summed E-state index contributed by atoms with van der Waals surface area (Å²) in [5.41, 5.74) is 1.02. The van der Waals surface area contributed by atoms with Gasteiger partial charge < -0.3 is 4.42 Å². The van der Waals surface area contributed by atoms with Gasteiger partial charge in [-0.15, -0.1) is 22.0 Å². The van der Waals surface area contributed by atoms with Crippen LogP contribution in [0.5, 0.6) is 0 Å². The molecule has 0 amide bonds. The molecule has 0 unspecified atom stereocenters. The lowest BCUT2D eigenvalue weighted by molar-refractivity contribution is 0.426. The maximum atomic E-state index is 5.78. The zero-order valence-corrected chi connectivity index (χ0v) is 13.8. The average Bonchev–Trinajstić information content (AvgIpc) is 2.95. The Hall–Kier alpha value is -1.88. The van der Waals surface area contributed by atoms with Crippen molar-refractivity contribution in [3.8, 4) is 0 Å². The predicted octanol–water partition coefficient (Wildman–Crippen LogP) is 4.67. The second-order valence-corrected chi connectivity index (χ2v) is 7.11. The van der Waals surface area contributed by atoms with E-state index in [0.29, 0.717) is 17.7 Å². The summed E-state index contributed by atoms with van der Waals surface area (Å²) in [6.07, 6.45) is 2.64. The van der Waals surface area contributed by atoms with Gasteiger partial charge in [-0.3, -0.25) is 4.98 Å². The van der Waals surface area contributed by atoms with Gasteiger partial charge in [0.1, 0.15) is 0 Å². The van der Waals surface area contributed by atoms with Crippen molar-refractivity contribution >= 4 is 22.7 Å². The quantitative estimate of drug-likeness (QED) is 0.641. The van der Waals surface area contributed by atoms with Gasteiger partial charge in [0.15, 0.2) is 0 Å². The van der Waals surface area contributed by atoms with Crippen LogP contribution < -0.4 is 0 Å². The van der Waals surface area contributed by atoms with Crippen LogP contribution >= 0.6 is 11.8 Å². The van der Waals surface area contributed by atoms with Crippen LogP contribution in [0.3, 0.4) is 0 Å². The first-order valence-corrected chi connectivity index (χ1v) is 8.34. The van der Waals surface area contributed by atoms with E-state index in [2.05, 4.69) is 60.2 Å². The second-order valence-electron chi connectivity index (χ2n) is 5.72. The van der Waals surface area contributed by atoms with Crippen molar-refractivity contribution in [1.82, 2.24) is 15.2 Å². The van der Waals surface area contributed by atoms with Gasteiger partial charge in [0.05, 0.1) is 10.8 Å². The topological polar surface area (TPSA) is 51.8 Å². The Bertz CT molecular complexity index is 764. The number of pyridine rings is 1. The minimum Gasteiger partial charge on any atom is -0.424 e. The van der Waals surface area contributed by atoms with Crippen molar-refractivity contribution in [3.63, 3.8) is 0 Å². The molecule has 0 fully saturated rings. The maximum absolute atomic E-state index is 5.78. The summed E-state index contributed by atoms with van der Waals surface area (Å²) in [4.78, 5) is 5.62. The highest BCUT2D eigenvalue weighted by molar-refractivity contribution is 7.99. The van der Waals surface area contributed by atoms with E-state index in [9.17, 15) is 0 Å². The summed E-state index contributed by atoms with van der Waals surface area (Å²) < 4.78 is 5.78. The molecule has 0 radical (unpaired) electrons. The van der Waals surface area contributed by atoms with Crippen LogP contribution in [0.1, 0.15) is 37.8 Å². The highest BCUT2D eigenvalue weighted by Gasteiger charge is 2.17. The first-order valence-electron chi connectivity index (χ1n) is 7.46. The fraction of sp³-hybridized carbons (Fsp3) is 0.353. The summed E-state index contributed by atoms with van der Waals surface area (Å²) in [5.74, 6) is 1.90. The van der Waals surface area contributed by atoms with Crippen molar-refractivity contribution in [1.29, 1.82) is 0 Å². The summed E-state index contributed by atoms with van der Waals surface area (Å²) in [6.45, 7) is 6.37. The van der Waals surface area contributed by atoms with Gasteiger partial charge in [0.2, 0.25) is 11.8 Å². The SMILES string of the molecule is CC(C)Cc1nnc([C@H](C)Sc2cccc3cccnc23)o1. The molecule has 0 saturated carbocycles. The largest absolute Gasteiger partial charge is 0.424 e. The Morgan fingerprint density at radius 1 is 1.09 bits per heavy atom. The van der Waals surface area contributed by atoms with Gasteiger partial charge in [0.25, 0.3) is 0 Å². The smallest absolute Gasteiger partial charge is 0.229 e. The lowest BCUT2D eigenvalue weighted by Crippen LogP contribution is -1.93. The zero-order valence-electron chi connectivity index (χ0n) is 13.0. The summed E-state index contributed by atoms with van der Waals surface area (Å²) in [5, 5.41) is 9.57. The minimum absolute atomic E-state index is 0.0982. The van der Waals surface area contributed by atoms with Gasteiger partial charge in [0, 0.05) is 22.9 Å². The van der Waals surface area contributed by atoms with Crippen LogP contribution in [0, 0.1) is 5.92 Å². The van der Waals surface area contributed by atoms with Crippen LogP contribution in [0.4, 0.5) is 0 Å². The van der Waals surface area contributed by atoms with Crippen molar-refractivity contribution in [2.24, 2.45) is 5.92 Å². The van der Waals surface area contributed by atoms with Gasteiger partial charge >= 0.3 is 0 Å². The number of hydrogen-bond donors (Lipinski definition) is 0. The predicted molar refractivity (Wildman–Crippen MR) is 88.9 cm³/mol. The van der Waals surface area contributed by atoms with E-state index in [1.807, 2.05) is 12.3 Å². The number of nitrogens with zero attached hydrogens (tertiary/aromatic N) is 3. The molecule has 114 valence electrons. The van der Waals surface area contributed by atoms with E-state index in [0.717, 1.165) is 22.2 Å². The average molecular weight is 313 g/mol. The van der Waals surface area contributed by atoms with Gasteiger partial charge in [-0.1, -0.05) is 32.0 Å². The van der Waals surface area contributed by atoms with Crippen molar-refractivity contribution in [3.05, 3.63) is 48.3 Å². The molecule has 0 N–H and O–H groups in total. The summed E-state index contributed by atoms with van der Waals surface area (Å²) in [7, 11) is 0. The van der Waals surface area contributed by atoms with Crippen molar-refractivity contribution in [2.75, 3.05) is 0 Å². The third kappa shape index (κ3) is 3.30. The molecule has 0 bridgehead atoms. The van der Waals surface area contributed by atoms with Crippen molar-refractivity contribution in [2.45, 2.75) is 37.3 Å². The van der Waals surface area contributed by atoms with Crippen LogP contribution in [0.25, 0.3) is 10.9 Å². The van der Waals surface area contributed by atoms with Crippen LogP contribution in [0.15, 0.2) is 45.8 Å². The molecule has 0 aliphatic heterocycles. The Morgan fingerprint density at radius 3 is 2.73 bits per heavy atom. The first-order chi connectivity index (χ1) is 10.6. The fourth-order valence-corrected chi connectivity index (χ4v) is 3.29. The highest BCUT2D eigenvalue weighted by atomic mass is 32.2. The van der Waals surface area contributed by atoms with E-state index in [1.165, 1.54) is 0 Å². The molecule has 1 atom stereocenters. The zero-order chi connectivity index (χ0) is 15.5. The summed E-state index contributed by atoms with van der Waals surface area (Å²) in [6, 6.07) is 10.2. The molecule has 0 saturated heterocycles. The Balaban J connectivity index is 1.81. The molecule has 3 aromatic rings. The monoisotopic (exact) mass is 313 g/mol. The van der Waals surface area contributed by atoms with Crippen LogP contribution in [-0.2, 0) is 6.42 Å². The Morgan fingerprint density at radius 2 is 1.91 bits per heavy atom. The molecule has 0 spiro atoms. The molecular weight excluding hydrogens is 294 g/mol. The molecule has 4 nitrogen and oxygen atoms in total. The minimum atomic E-state index is 0.0982. The van der Waals surface area contributed by atoms with E-state index in [1.54, 1.807) is 11.8 Å². The van der Waals surface area contributed by atoms with E-state index < -0.39 is 0 Å². The molecular formula is C17H19N3OS. The molecule has 0 aliphatic carbocycles. The number of benzene rings is 1. The van der Waals surface area contributed by atoms with Crippen LogP contribution in [0.2, 0.25) is 0 Å². The lowest BCUT2D eigenvalue weighted by Gasteiger charge is -2.09. The maximum Gasteiger partial charge on any atom is 0.229 e. The van der Waals surface area contributed by atoms with E-state index in [-0.39, 0.29) is 5.25 Å². The van der Waals surface area contributed by atoms with Gasteiger partial charge in [-0.2, -0.15) is 0 Å². The first kappa shape index (κ1) is 15.0. The number of para-hydroxylation sites is 1. The van der Waals surface area contributed by atoms with Gasteiger partial charge in [-0.25, -0.2) is 0 Å². The molecule has 1 aromatic carbocycles. The lowest BCUT2D eigenvalue weighted by atomic mass is 10.1. The van der Waals surface area contributed by atoms with E-state index >= 15 is 0 Å². The normalized spacial score (nSPS) is 12.9. The second kappa shape index (κ2) is 6.48. The number of hydrogen-bond acceptors (Lipinski definition) is 5. The third-order valence-electron chi connectivity index (χ3n) is 3.31. The number of fused-ring (bicyclic) bond motifs is 1. The standard InChI is InChI=1S/C17H19N3OS/c1-11(2)10-15-19-20-17(21-15)12(3)22-14-8-4-6-13-7-5-9-18-16(13)14/h4-9,11-12H,10H2,1-3H3/t12-/m0/s1. The highest BCUT2D eigenvalue weighted by Crippen LogP contribution is 2.37. The number of aromatic nitrogens is 3. The summed E-state index contributed by atoms with van der Waals surface area (Å²) >= 11 is 1.70. The number of rotatable bonds is 5. The van der Waals surface area contributed by atoms with Gasteiger partial charge in [-0.05, 0) is 25.0 Å². The molecule has 0 aliphatic rings. The van der Waals surface area contributed by atoms with Crippen LogP contribution in [-0.4, -0.2) is 15.2 Å². The Labute approximate surface area is 134 Å². The number of thioether (sulfide) groups is 1.